The molecule has 2 rings (SSSR count). The number of nitrogens with two attached hydrogens (primary N) is 1. The fourth-order valence-corrected chi connectivity index (χ4v) is 2.85. The molecule has 0 aliphatic carbocycles. The van der Waals surface area contributed by atoms with Crippen molar-refractivity contribution in [3.05, 3.63) is 63.1 Å². The fourth-order valence-electron chi connectivity index (χ4n) is 1.91. The molecule has 2 aromatic rings. The van der Waals surface area contributed by atoms with Crippen molar-refractivity contribution in [3.63, 3.8) is 0 Å². The monoisotopic (exact) mass is 368 g/mol. The molecular weight excluding hydrogens is 356 g/mol. The van der Waals surface area contributed by atoms with E-state index in [0.29, 0.717) is 15.6 Å². The third-order valence-electron chi connectivity index (χ3n) is 2.97. The number of thiocarbonyl (C=S) groups is 1. The molecule has 20 heavy (non-hydrogen) atoms. The Morgan fingerprint density at radius 1 is 1.30 bits per heavy atom. The van der Waals surface area contributed by atoms with Crippen LogP contribution in [0, 0.1) is 0 Å². The van der Waals surface area contributed by atoms with Crippen LogP contribution >= 0.6 is 39.7 Å². The summed E-state index contributed by atoms with van der Waals surface area (Å²) in [6.07, 6.45) is 0. The van der Waals surface area contributed by atoms with Gasteiger partial charge in [-0.25, -0.2) is 0 Å². The number of rotatable bonds is 4. The largest absolute Gasteiger partial charge is 0.389 e. The van der Waals surface area contributed by atoms with Crippen molar-refractivity contribution in [2.24, 2.45) is 5.73 Å². The maximum atomic E-state index is 6.16. The van der Waals surface area contributed by atoms with Crippen LogP contribution in [0.25, 0.3) is 0 Å². The highest BCUT2D eigenvalue weighted by atomic mass is 79.9. The zero-order valence-corrected chi connectivity index (χ0v) is 14.0. The molecular formula is C15H14BrClN2S. The zero-order chi connectivity index (χ0) is 14.7. The Hall–Kier alpha value is -1.10. The van der Waals surface area contributed by atoms with Crippen LogP contribution in [0.5, 0.6) is 0 Å². The second-order valence-corrected chi connectivity index (χ2v) is 6.24. The van der Waals surface area contributed by atoms with Gasteiger partial charge in [0.15, 0.2) is 0 Å². The van der Waals surface area contributed by atoms with Crippen LogP contribution in [0.1, 0.15) is 24.1 Å². The Labute approximate surface area is 137 Å². The molecule has 0 saturated heterocycles. The molecule has 0 spiro atoms. The molecule has 1 unspecified atom stereocenters. The molecule has 5 heteroatoms. The van der Waals surface area contributed by atoms with Crippen LogP contribution in [0.4, 0.5) is 5.69 Å². The summed E-state index contributed by atoms with van der Waals surface area (Å²) >= 11 is 14.6. The Bertz CT molecular complexity index is 646. The topological polar surface area (TPSA) is 38.0 Å². The lowest BCUT2D eigenvalue weighted by Crippen LogP contribution is -2.11. The third kappa shape index (κ3) is 3.72. The van der Waals surface area contributed by atoms with Crippen LogP contribution in [0.2, 0.25) is 5.02 Å². The molecule has 104 valence electrons. The lowest BCUT2D eigenvalue weighted by atomic mass is 10.1. The van der Waals surface area contributed by atoms with Crippen molar-refractivity contribution in [3.8, 4) is 0 Å². The highest BCUT2D eigenvalue weighted by Gasteiger charge is 2.08. The zero-order valence-electron chi connectivity index (χ0n) is 10.9. The lowest BCUT2D eigenvalue weighted by molar-refractivity contribution is 0.884. The lowest BCUT2D eigenvalue weighted by Gasteiger charge is -2.17. The summed E-state index contributed by atoms with van der Waals surface area (Å²) in [6, 6.07) is 13.9. The van der Waals surface area contributed by atoms with Crippen molar-refractivity contribution in [2.45, 2.75) is 13.0 Å². The first-order valence-corrected chi connectivity index (χ1v) is 7.66. The van der Waals surface area contributed by atoms with Crippen molar-refractivity contribution in [2.75, 3.05) is 5.32 Å². The molecule has 0 aromatic heterocycles. The molecule has 0 radical (unpaired) electrons. The predicted octanol–water partition coefficient (Wildman–Crippen LogP) is 4.91. The summed E-state index contributed by atoms with van der Waals surface area (Å²) in [5.74, 6) is 0. The minimum Gasteiger partial charge on any atom is -0.389 e. The van der Waals surface area contributed by atoms with Crippen molar-refractivity contribution in [1.29, 1.82) is 0 Å². The summed E-state index contributed by atoms with van der Waals surface area (Å²) in [4.78, 5) is 0.307. The number of nitrogens with one attached hydrogen (secondary N) is 1. The summed E-state index contributed by atoms with van der Waals surface area (Å²) in [7, 11) is 0. The van der Waals surface area contributed by atoms with E-state index in [0.717, 1.165) is 10.2 Å². The second kappa shape index (κ2) is 6.57. The highest BCUT2D eigenvalue weighted by molar-refractivity contribution is 9.10. The maximum absolute atomic E-state index is 6.16. The van der Waals surface area contributed by atoms with E-state index in [1.807, 2.05) is 30.3 Å². The normalized spacial score (nSPS) is 11.9. The van der Waals surface area contributed by atoms with E-state index in [2.05, 4.69) is 40.3 Å². The summed E-state index contributed by atoms with van der Waals surface area (Å²) in [5.41, 5.74) is 8.41. The Morgan fingerprint density at radius 3 is 2.65 bits per heavy atom. The summed E-state index contributed by atoms with van der Waals surface area (Å²) in [6.45, 7) is 2.09. The fraction of sp³-hybridized carbons (Fsp3) is 0.133. The maximum Gasteiger partial charge on any atom is 0.105 e. The van der Waals surface area contributed by atoms with Crippen LogP contribution in [0.3, 0.4) is 0 Å². The molecule has 0 amide bonds. The number of benzene rings is 2. The predicted molar refractivity (Wildman–Crippen MR) is 93.5 cm³/mol. The van der Waals surface area contributed by atoms with Gasteiger partial charge >= 0.3 is 0 Å². The van der Waals surface area contributed by atoms with Gasteiger partial charge in [0.1, 0.15) is 4.99 Å². The van der Waals surface area contributed by atoms with Crippen molar-refractivity contribution in [1.82, 2.24) is 0 Å². The molecule has 0 bridgehead atoms. The van der Waals surface area contributed by atoms with Crippen LogP contribution in [-0.4, -0.2) is 4.99 Å². The first-order valence-electron chi connectivity index (χ1n) is 6.08. The van der Waals surface area contributed by atoms with Crippen molar-refractivity contribution < 1.29 is 0 Å². The first kappa shape index (κ1) is 15.3. The van der Waals surface area contributed by atoms with Crippen molar-refractivity contribution >= 4 is 50.4 Å². The third-order valence-corrected chi connectivity index (χ3v) is 3.99. The molecule has 0 saturated carbocycles. The number of hydrogen-bond acceptors (Lipinski definition) is 2. The minimum absolute atomic E-state index is 0.166. The quantitative estimate of drug-likeness (QED) is 0.752. The van der Waals surface area contributed by atoms with Gasteiger partial charge in [0.05, 0.1) is 5.02 Å². The molecule has 1 atom stereocenters. The minimum atomic E-state index is 0.166. The Morgan fingerprint density at radius 2 is 2.05 bits per heavy atom. The Balaban J connectivity index is 2.18. The smallest absolute Gasteiger partial charge is 0.105 e. The van der Waals surface area contributed by atoms with Crippen LogP contribution < -0.4 is 11.1 Å². The van der Waals surface area contributed by atoms with E-state index in [1.54, 1.807) is 0 Å². The van der Waals surface area contributed by atoms with Gasteiger partial charge in [0.2, 0.25) is 0 Å². The molecule has 2 nitrogen and oxygen atoms in total. The molecule has 0 fully saturated rings. The van der Waals surface area contributed by atoms with Crippen LogP contribution in [-0.2, 0) is 0 Å². The average molecular weight is 370 g/mol. The van der Waals surface area contributed by atoms with E-state index < -0.39 is 0 Å². The number of halogens is 2. The SMILES string of the molecule is CC(Nc1ccc(C(N)=S)c(Cl)c1)c1cccc(Br)c1. The van der Waals surface area contributed by atoms with Gasteiger partial charge in [-0.05, 0) is 42.8 Å². The second-order valence-electron chi connectivity index (χ2n) is 4.48. The molecule has 0 aliphatic heterocycles. The van der Waals surface area contributed by atoms with Gasteiger partial charge in [0.25, 0.3) is 0 Å². The van der Waals surface area contributed by atoms with E-state index in [9.17, 15) is 0 Å². The van der Waals surface area contributed by atoms with E-state index in [1.165, 1.54) is 5.56 Å². The van der Waals surface area contributed by atoms with Gasteiger partial charge in [-0.3, -0.25) is 0 Å². The van der Waals surface area contributed by atoms with Gasteiger partial charge in [-0.15, -0.1) is 0 Å². The highest BCUT2D eigenvalue weighted by Crippen LogP contribution is 2.25. The summed E-state index contributed by atoms with van der Waals surface area (Å²) < 4.78 is 1.06. The molecule has 0 heterocycles. The first-order chi connectivity index (χ1) is 9.47. The Kier molecular flexibility index (Phi) is 5.02. The van der Waals surface area contributed by atoms with Crippen LogP contribution in [0.15, 0.2) is 46.9 Å². The van der Waals surface area contributed by atoms with Gasteiger partial charge in [-0.2, -0.15) is 0 Å². The number of hydrogen-bond donors (Lipinski definition) is 2. The molecule has 3 N–H and O–H groups in total. The standard InChI is InChI=1S/C15H14BrClN2S/c1-9(10-3-2-4-11(16)7-10)19-12-5-6-13(15(18)20)14(17)8-12/h2-9,19H,1H3,(H2,18,20). The number of anilines is 1. The molecule has 2 aromatic carbocycles. The van der Waals surface area contributed by atoms with Gasteiger partial charge < -0.3 is 11.1 Å². The van der Waals surface area contributed by atoms with Gasteiger partial charge in [0, 0.05) is 21.8 Å². The van der Waals surface area contributed by atoms with Gasteiger partial charge in [-0.1, -0.05) is 51.9 Å². The van der Waals surface area contributed by atoms with E-state index >= 15 is 0 Å². The van der Waals surface area contributed by atoms with E-state index in [4.69, 9.17) is 29.6 Å². The molecule has 0 aliphatic rings. The average Bonchev–Trinajstić information content (AvgIpc) is 2.38. The van der Waals surface area contributed by atoms with E-state index in [-0.39, 0.29) is 6.04 Å². The summed E-state index contributed by atoms with van der Waals surface area (Å²) in [5, 5.41) is 3.96.